The van der Waals surface area contributed by atoms with E-state index in [0.717, 1.165) is 5.39 Å². The van der Waals surface area contributed by atoms with E-state index in [1.165, 1.54) is 13.3 Å². The van der Waals surface area contributed by atoms with Crippen molar-refractivity contribution in [2.75, 3.05) is 12.8 Å². The van der Waals surface area contributed by atoms with Gasteiger partial charge in [-0.05, 0) is 18.2 Å². The number of rotatable bonds is 4. The Hall–Kier alpha value is -3.22. The standard InChI is InChI=1S/C16H14N4O3/c1-22-14-7-6-10(8-18-14)16(21)23-9-13-19-12-5-3-2-4-11(12)15(17)20-13/h2-8H,9H2,1H3,(H2,17,19,20). The number of carbonyl (C=O) groups excluding carboxylic acids is 1. The maximum Gasteiger partial charge on any atom is 0.340 e. The quantitative estimate of drug-likeness (QED) is 0.735. The molecule has 7 heteroatoms. The molecule has 0 radical (unpaired) electrons. The number of hydrogen-bond acceptors (Lipinski definition) is 7. The molecule has 23 heavy (non-hydrogen) atoms. The Morgan fingerprint density at radius 3 is 2.74 bits per heavy atom. The molecular weight excluding hydrogens is 296 g/mol. The first-order chi connectivity index (χ1) is 11.2. The first-order valence-corrected chi connectivity index (χ1v) is 6.85. The highest BCUT2D eigenvalue weighted by Crippen LogP contribution is 2.17. The van der Waals surface area contributed by atoms with E-state index in [0.29, 0.717) is 28.6 Å². The summed E-state index contributed by atoms with van der Waals surface area (Å²) in [6, 6.07) is 10.5. The molecule has 0 saturated heterocycles. The normalized spacial score (nSPS) is 10.5. The highest BCUT2D eigenvalue weighted by Gasteiger charge is 2.11. The summed E-state index contributed by atoms with van der Waals surface area (Å²) >= 11 is 0. The molecule has 2 aromatic heterocycles. The van der Waals surface area contributed by atoms with Crippen molar-refractivity contribution in [2.45, 2.75) is 6.61 Å². The number of pyridine rings is 1. The maximum absolute atomic E-state index is 12.0. The lowest BCUT2D eigenvalue weighted by molar-refractivity contribution is 0.0462. The van der Waals surface area contributed by atoms with Crippen LogP contribution in [0.4, 0.5) is 5.82 Å². The molecule has 0 aliphatic rings. The van der Waals surface area contributed by atoms with Crippen LogP contribution in [0.3, 0.4) is 0 Å². The Bertz CT molecular complexity index is 850. The number of nitrogens with two attached hydrogens (primary N) is 1. The number of hydrogen-bond donors (Lipinski definition) is 1. The van der Waals surface area contributed by atoms with Crippen LogP contribution in [0, 0.1) is 0 Å². The molecule has 7 nitrogen and oxygen atoms in total. The number of nitrogen functional groups attached to an aromatic ring is 1. The molecule has 0 spiro atoms. The van der Waals surface area contributed by atoms with E-state index in [1.807, 2.05) is 24.3 Å². The Morgan fingerprint density at radius 1 is 1.17 bits per heavy atom. The van der Waals surface area contributed by atoms with Gasteiger partial charge in [-0.25, -0.2) is 19.7 Å². The average Bonchev–Trinajstić information content (AvgIpc) is 2.60. The predicted octanol–water partition coefficient (Wildman–Crippen LogP) is 1.97. The Kier molecular flexibility index (Phi) is 4.01. The van der Waals surface area contributed by atoms with Gasteiger partial charge in [-0.3, -0.25) is 0 Å². The molecule has 1 aromatic carbocycles. The fourth-order valence-electron chi connectivity index (χ4n) is 2.05. The summed E-state index contributed by atoms with van der Waals surface area (Å²) in [5.41, 5.74) is 6.92. The van der Waals surface area contributed by atoms with Gasteiger partial charge in [0, 0.05) is 17.6 Å². The van der Waals surface area contributed by atoms with Gasteiger partial charge in [0.2, 0.25) is 5.88 Å². The lowest BCUT2D eigenvalue weighted by Gasteiger charge is -2.07. The molecule has 116 valence electrons. The zero-order chi connectivity index (χ0) is 16.2. The number of anilines is 1. The molecule has 0 aliphatic carbocycles. The molecule has 0 atom stereocenters. The van der Waals surface area contributed by atoms with Crippen LogP contribution in [0.25, 0.3) is 10.9 Å². The van der Waals surface area contributed by atoms with E-state index in [9.17, 15) is 4.79 Å². The lowest BCUT2D eigenvalue weighted by atomic mass is 10.2. The highest BCUT2D eigenvalue weighted by molar-refractivity contribution is 5.89. The molecule has 3 aromatic rings. The summed E-state index contributed by atoms with van der Waals surface area (Å²) in [6.45, 7) is -0.0695. The van der Waals surface area contributed by atoms with Crippen LogP contribution in [-0.4, -0.2) is 28.0 Å². The van der Waals surface area contributed by atoms with Crippen LogP contribution in [0.15, 0.2) is 42.6 Å². The third-order valence-electron chi connectivity index (χ3n) is 3.19. The van der Waals surface area contributed by atoms with Gasteiger partial charge in [0.25, 0.3) is 0 Å². The van der Waals surface area contributed by atoms with E-state index in [1.54, 1.807) is 12.1 Å². The molecular formula is C16H14N4O3. The molecule has 2 N–H and O–H groups in total. The highest BCUT2D eigenvalue weighted by atomic mass is 16.5. The summed E-state index contributed by atoms with van der Waals surface area (Å²) in [5, 5.41) is 0.766. The summed E-state index contributed by atoms with van der Waals surface area (Å²) in [7, 11) is 1.50. The van der Waals surface area contributed by atoms with Gasteiger partial charge in [-0.2, -0.15) is 0 Å². The molecule has 0 fully saturated rings. The smallest absolute Gasteiger partial charge is 0.340 e. The monoisotopic (exact) mass is 310 g/mol. The van der Waals surface area contributed by atoms with Crippen molar-refractivity contribution in [1.82, 2.24) is 15.0 Å². The zero-order valence-corrected chi connectivity index (χ0v) is 12.4. The second-order valence-corrected chi connectivity index (χ2v) is 4.71. The Labute approximate surface area is 132 Å². The minimum Gasteiger partial charge on any atom is -0.481 e. The van der Waals surface area contributed by atoms with Gasteiger partial charge < -0.3 is 15.2 Å². The number of esters is 1. The largest absolute Gasteiger partial charge is 0.481 e. The molecule has 0 amide bonds. The van der Waals surface area contributed by atoms with Gasteiger partial charge >= 0.3 is 5.97 Å². The summed E-state index contributed by atoms with van der Waals surface area (Å²) in [5.74, 6) is 0.603. The van der Waals surface area contributed by atoms with E-state index in [-0.39, 0.29) is 6.61 Å². The predicted molar refractivity (Wildman–Crippen MR) is 83.9 cm³/mol. The van der Waals surface area contributed by atoms with Gasteiger partial charge in [0.05, 0.1) is 18.2 Å². The first-order valence-electron chi connectivity index (χ1n) is 6.85. The summed E-state index contributed by atoms with van der Waals surface area (Å²) in [6.07, 6.45) is 1.39. The molecule has 0 saturated carbocycles. The fraction of sp³-hybridized carbons (Fsp3) is 0.125. The van der Waals surface area contributed by atoms with E-state index in [2.05, 4.69) is 15.0 Å². The minimum absolute atomic E-state index is 0.0695. The van der Waals surface area contributed by atoms with Crippen molar-refractivity contribution >= 4 is 22.7 Å². The second kappa shape index (κ2) is 6.27. The Morgan fingerprint density at radius 2 is 2.00 bits per heavy atom. The van der Waals surface area contributed by atoms with Gasteiger partial charge in [0.1, 0.15) is 5.82 Å². The number of para-hydroxylation sites is 1. The summed E-state index contributed by atoms with van der Waals surface area (Å²) < 4.78 is 10.1. The third kappa shape index (κ3) is 3.18. The number of ether oxygens (including phenoxy) is 2. The number of fused-ring (bicyclic) bond motifs is 1. The van der Waals surface area contributed by atoms with Crippen molar-refractivity contribution in [3.05, 3.63) is 54.0 Å². The van der Waals surface area contributed by atoms with E-state index < -0.39 is 5.97 Å². The van der Waals surface area contributed by atoms with Crippen molar-refractivity contribution in [3.63, 3.8) is 0 Å². The average molecular weight is 310 g/mol. The topological polar surface area (TPSA) is 100 Å². The lowest BCUT2D eigenvalue weighted by Crippen LogP contribution is -2.09. The molecule has 2 heterocycles. The van der Waals surface area contributed by atoms with Crippen LogP contribution >= 0.6 is 0 Å². The van der Waals surface area contributed by atoms with Crippen molar-refractivity contribution in [3.8, 4) is 5.88 Å². The van der Waals surface area contributed by atoms with Crippen molar-refractivity contribution in [2.24, 2.45) is 0 Å². The number of aromatic nitrogens is 3. The van der Waals surface area contributed by atoms with Crippen LogP contribution < -0.4 is 10.5 Å². The van der Waals surface area contributed by atoms with Gasteiger partial charge in [-0.1, -0.05) is 12.1 Å². The first kappa shape index (κ1) is 14.7. The van der Waals surface area contributed by atoms with Crippen LogP contribution in [-0.2, 0) is 11.3 Å². The van der Waals surface area contributed by atoms with Crippen LogP contribution in [0.1, 0.15) is 16.2 Å². The molecule has 0 bridgehead atoms. The molecule has 0 unspecified atom stereocenters. The number of nitrogens with zero attached hydrogens (tertiary/aromatic N) is 3. The molecule has 3 rings (SSSR count). The van der Waals surface area contributed by atoms with Crippen molar-refractivity contribution < 1.29 is 14.3 Å². The van der Waals surface area contributed by atoms with E-state index in [4.69, 9.17) is 15.2 Å². The van der Waals surface area contributed by atoms with Crippen molar-refractivity contribution in [1.29, 1.82) is 0 Å². The minimum atomic E-state index is -0.518. The zero-order valence-electron chi connectivity index (χ0n) is 12.4. The maximum atomic E-state index is 12.0. The van der Waals surface area contributed by atoms with E-state index >= 15 is 0 Å². The van der Waals surface area contributed by atoms with Gasteiger partial charge in [-0.15, -0.1) is 0 Å². The summed E-state index contributed by atoms with van der Waals surface area (Å²) in [4.78, 5) is 24.4. The van der Waals surface area contributed by atoms with Gasteiger partial charge in [0.15, 0.2) is 12.4 Å². The fourth-order valence-corrected chi connectivity index (χ4v) is 2.05. The SMILES string of the molecule is COc1ccc(C(=O)OCc2nc(N)c3ccccc3n2)cn1. The number of carbonyl (C=O) groups is 1. The number of methoxy groups -OCH3 is 1. The Balaban J connectivity index is 1.73. The third-order valence-corrected chi connectivity index (χ3v) is 3.19. The molecule has 0 aliphatic heterocycles. The number of benzene rings is 1. The van der Waals surface area contributed by atoms with Crippen LogP contribution in [0.5, 0.6) is 5.88 Å². The van der Waals surface area contributed by atoms with Crippen LogP contribution in [0.2, 0.25) is 0 Å². The second-order valence-electron chi connectivity index (χ2n) is 4.71.